The lowest BCUT2D eigenvalue weighted by molar-refractivity contribution is -0.120. The summed E-state index contributed by atoms with van der Waals surface area (Å²) in [5.74, 6) is 0.424. The molecular formula is C20H21Cl2NO3. The van der Waals surface area contributed by atoms with E-state index in [1.54, 1.807) is 12.1 Å². The van der Waals surface area contributed by atoms with E-state index in [-0.39, 0.29) is 22.9 Å². The molecule has 1 saturated carbocycles. The van der Waals surface area contributed by atoms with Gasteiger partial charge in [0.15, 0.2) is 0 Å². The number of halogens is 2. The predicted molar refractivity (Wildman–Crippen MR) is 102 cm³/mol. The van der Waals surface area contributed by atoms with E-state index in [4.69, 9.17) is 27.9 Å². The number of ether oxygens (including phenoxy) is 1. The number of nitrogens with zero attached hydrogens (tertiary/aromatic N) is 1. The summed E-state index contributed by atoms with van der Waals surface area (Å²) in [6.45, 7) is 2.16. The number of hydrogen-bond donors (Lipinski definition) is 0. The summed E-state index contributed by atoms with van der Waals surface area (Å²) in [7, 11) is 0. The molecule has 2 aliphatic carbocycles. The van der Waals surface area contributed by atoms with Crippen LogP contribution in [0.4, 0.5) is 5.69 Å². The van der Waals surface area contributed by atoms with Gasteiger partial charge in [0.05, 0.1) is 15.7 Å². The molecule has 0 spiro atoms. The molecule has 1 fully saturated rings. The van der Waals surface area contributed by atoms with Gasteiger partial charge in [-0.05, 0) is 56.9 Å². The standard InChI is InChI=1S/C20H21Cl2NO3/c1-11-5-4-8-17(11)26-18-10-16(14(21)9-15(18)22)23-19(24)12-6-2-3-7-13(12)20(23)25/h9-11,17H,2-8H2,1H3. The molecule has 0 radical (unpaired) electrons. The molecule has 6 heteroatoms. The smallest absolute Gasteiger partial charge is 0.261 e. The number of anilines is 1. The summed E-state index contributed by atoms with van der Waals surface area (Å²) in [6, 6.07) is 3.20. The quantitative estimate of drug-likeness (QED) is 0.654. The van der Waals surface area contributed by atoms with E-state index >= 15 is 0 Å². The molecule has 4 rings (SSSR count). The Balaban J connectivity index is 1.67. The van der Waals surface area contributed by atoms with Crippen molar-refractivity contribution >= 4 is 40.7 Å². The first-order chi connectivity index (χ1) is 12.5. The summed E-state index contributed by atoms with van der Waals surface area (Å²) in [5, 5.41) is 0.679. The van der Waals surface area contributed by atoms with Gasteiger partial charge in [0.25, 0.3) is 11.8 Å². The summed E-state index contributed by atoms with van der Waals surface area (Å²) >= 11 is 12.7. The summed E-state index contributed by atoms with van der Waals surface area (Å²) in [6.07, 6.45) is 6.52. The van der Waals surface area contributed by atoms with Gasteiger partial charge in [-0.25, -0.2) is 4.90 Å². The number of imide groups is 1. The molecular weight excluding hydrogens is 373 g/mol. The number of rotatable bonds is 3. The molecule has 1 heterocycles. The Bertz CT molecular complexity index is 790. The minimum atomic E-state index is -0.255. The van der Waals surface area contributed by atoms with Gasteiger partial charge >= 0.3 is 0 Å². The van der Waals surface area contributed by atoms with Crippen LogP contribution in [0, 0.1) is 5.92 Å². The van der Waals surface area contributed by atoms with E-state index in [2.05, 4.69) is 6.92 Å². The van der Waals surface area contributed by atoms with Crippen molar-refractivity contribution < 1.29 is 14.3 Å². The summed E-state index contributed by atoms with van der Waals surface area (Å²) in [4.78, 5) is 26.8. The zero-order chi connectivity index (χ0) is 18.4. The van der Waals surface area contributed by atoms with Gasteiger partial charge in [0.1, 0.15) is 11.9 Å². The van der Waals surface area contributed by atoms with E-state index in [9.17, 15) is 9.59 Å². The van der Waals surface area contributed by atoms with Crippen molar-refractivity contribution in [2.24, 2.45) is 5.92 Å². The van der Waals surface area contributed by atoms with Crippen LogP contribution < -0.4 is 9.64 Å². The first-order valence-corrected chi connectivity index (χ1v) is 9.99. The lowest BCUT2D eigenvalue weighted by atomic mass is 9.93. The zero-order valence-electron chi connectivity index (χ0n) is 14.7. The predicted octanol–water partition coefficient (Wildman–Crippen LogP) is 5.30. The van der Waals surface area contributed by atoms with Gasteiger partial charge in [-0.2, -0.15) is 0 Å². The maximum Gasteiger partial charge on any atom is 0.261 e. The molecule has 3 aliphatic rings. The fourth-order valence-corrected chi connectivity index (χ4v) is 4.70. The highest BCUT2D eigenvalue weighted by Gasteiger charge is 2.41. The third-order valence-corrected chi connectivity index (χ3v) is 6.29. The van der Waals surface area contributed by atoms with Crippen LogP contribution in [0.2, 0.25) is 10.0 Å². The average Bonchev–Trinajstić information content (AvgIpc) is 3.13. The fraction of sp³-hybridized carbons (Fsp3) is 0.500. The van der Waals surface area contributed by atoms with Crippen LogP contribution in [0.3, 0.4) is 0 Å². The first kappa shape index (κ1) is 17.9. The van der Waals surface area contributed by atoms with Crippen LogP contribution in [-0.4, -0.2) is 17.9 Å². The molecule has 1 aromatic rings. The summed E-state index contributed by atoms with van der Waals surface area (Å²) in [5.41, 5.74) is 1.64. The maximum absolute atomic E-state index is 12.8. The molecule has 0 saturated heterocycles. The number of hydrogen-bond acceptors (Lipinski definition) is 3. The number of carbonyl (C=O) groups is 2. The molecule has 1 aliphatic heterocycles. The van der Waals surface area contributed by atoms with E-state index in [0.29, 0.717) is 46.4 Å². The van der Waals surface area contributed by atoms with Crippen molar-refractivity contribution in [1.29, 1.82) is 0 Å². The Kier molecular flexibility index (Phi) is 4.74. The minimum absolute atomic E-state index is 0.0952. The Morgan fingerprint density at radius 1 is 0.962 bits per heavy atom. The Morgan fingerprint density at radius 2 is 1.62 bits per heavy atom. The second-order valence-corrected chi connectivity index (χ2v) is 8.22. The maximum atomic E-state index is 12.8. The molecule has 2 unspecified atom stereocenters. The Morgan fingerprint density at radius 3 is 2.19 bits per heavy atom. The van der Waals surface area contributed by atoms with Crippen LogP contribution in [0.25, 0.3) is 0 Å². The monoisotopic (exact) mass is 393 g/mol. The largest absolute Gasteiger partial charge is 0.489 e. The van der Waals surface area contributed by atoms with Crippen LogP contribution in [0.15, 0.2) is 23.3 Å². The van der Waals surface area contributed by atoms with Crippen molar-refractivity contribution in [3.8, 4) is 5.75 Å². The topological polar surface area (TPSA) is 46.6 Å². The summed E-state index contributed by atoms with van der Waals surface area (Å²) < 4.78 is 6.11. The minimum Gasteiger partial charge on any atom is -0.489 e. The Labute approximate surface area is 163 Å². The van der Waals surface area contributed by atoms with Crippen LogP contribution in [0.5, 0.6) is 5.75 Å². The molecule has 1 aromatic carbocycles. The third-order valence-electron chi connectivity index (χ3n) is 5.69. The molecule has 138 valence electrons. The van der Waals surface area contributed by atoms with Gasteiger partial charge in [-0.15, -0.1) is 0 Å². The molecule has 4 nitrogen and oxygen atoms in total. The van der Waals surface area contributed by atoms with E-state index in [1.807, 2.05) is 0 Å². The molecule has 2 atom stereocenters. The Hall–Kier alpha value is -1.52. The molecule has 2 amide bonds. The normalized spacial score (nSPS) is 25.9. The fourth-order valence-electron chi connectivity index (χ4n) is 4.19. The van der Waals surface area contributed by atoms with Crippen molar-refractivity contribution in [1.82, 2.24) is 0 Å². The average molecular weight is 394 g/mol. The first-order valence-electron chi connectivity index (χ1n) is 9.24. The number of benzene rings is 1. The molecule has 0 bridgehead atoms. The van der Waals surface area contributed by atoms with Gasteiger partial charge in [0.2, 0.25) is 0 Å². The van der Waals surface area contributed by atoms with Crippen molar-refractivity contribution in [2.45, 2.75) is 58.0 Å². The van der Waals surface area contributed by atoms with Gasteiger partial charge in [-0.3, -0.25) is 9.59 Å². The van der Waals surface area contributed by atoms with E-state index in [1.165, 1.54) is 4.90 Å². The number of amides is 2. The molecule has 26 heavy (non-hydrogen) atoms. The molecule has 0 aromatic heterocycles. The third kappa shape index (κ3) is 2.93. The van der Waals surface area contributed by atoms with Gasteiger partial charge < -0.3 is 4.74 Å². The second kappa shape index (κ2) is 6.90. The lowest BCUT2D eigenvalue weighted by Gasteiger charge is -2.22. The highest BCUT2D eigenvalue weighted by atomic mass is 35.5. The van der Waals surface area contributed by atoms with Crippen molar-refractivity contribution in [3.05, 3.63) is 33.3 Å². The van der Waals surface area contributed by atoms with Crippen molar-refractivity contribution in [2.75, 3.05) is 4.90 Å². The van der Waals surface area contributed by atoms with Crippen molar-refractivity contribution in [3.63, 3.8) is 0 Å². The lowest BCUT2D eigenvalue weighted by Crippen LogP contribution is -2.32. The zero-order valence-corrected chi connectivity index (χ0v) is 16.2. The van der Waals surface area contributed by atoms with Gasteiger partial charge in [-0.1, -0.05) is 30.1 Å². The van der Waals surface area contributed by atoms with Gasteiger partial charge in [0, 0.05) is 17.2 Å². The van der Waals surface area contributed by atoms with Crippen LogP contribution in [-0.2, 0) is 9.59 Å². The number of carbonyl (C=O) groups excluding carboxylic acids is 2. The highest BCUT2D eigenvalue weighted by Crippen LogP contribution is 2.43. The van der Waals surface area contributed by atoms with Crippen LogP contribution in [0.1, 0.15) is 51.9 Å². The SMILES string of the molecule is CC1CCCC1Oc1cc(N2C(=O)C3=C(CCCC3)C2=O)c(Cl)cc1Cl. The van der Waals surface area contributed by atoms with Crippen LogP contribution >= 0.6 is 23.2 Å². The molecule has 0 N–H and O–H groups in total. The van der Waals surface area contributed by atoms with E-state index in [0.717, 1.165) is 32.1 Å². The van der Waals surface area contributed by atoms with E-state index < -0.39 is 0 Å². The second-order valence-electron chi connectivity index (χ2n) is 7.41. The highest BCUT2D eigenvalue weighted by molar-refractivity contribution is 6.41.